The highest BCUT2D eigenvalue weighted by molar-refractivity contribution is 5.80. The van der Waals surface area contributed by atoms with Crippen LogP contribution in [0.25, 0.3) is 0 Å². The largest absolute Gasteiger partial charge is 0.331 e. The van der Waals surface area contributed by atoms with Crippen molar-refractivity contribution in [3.05, 3.63) is 35.9 Å². The highest BCUT2D eigenvalue weighted by Gasteiger charge is 2.43. The first kappa shape index (κ1) is 16.0. The van der Waals surface area contributed by atoms with Crippen LogP contribution in [-0.4, -0.2) is 28.4 Å². The minimum atomic E-state index is -0.0484. The Morgan fingerprint density at radius 3 is 2.24 bits per heavy atom. The van der Waals surface area contributed by atoms with Gasteiger partial charge in [0.1, 0.15) is 0 Å². The van der Waals surface area contributed by atoms with Crippen molar-refractivity contribution >= 4 is 5.91 Å². The Bertz CT molecular complexity index is 463. The predicted octanol–water partition coefficient (Wildman–Crippen LogP) is 3.35. The molecule has 2 rings (SSSR count). The molecule has 0 bridgehead atoms. The summed E-state index contributed by atoms with van der Waals surface area (Å²) in [6.07, 6.45) is 3.36. The normalized spacial score (nSPS) is 20.3. The molecule has 1 N–H and O–H groups in total. The number of benzene rings is 1. The molecule has 0 saturated carbocycles. The molecule has 1 amide bonds. The molecule has 1 aromatic carbocycles. The number of rotatable bonds is 4. The van der Waals surface area contributed by atoms with E-state index in [0.717, 1.165) is 19.4 Å². The fraction of sp³-hybridized carbons (Fsp3) is 0.611. The lowest BCUT2D eigenvalue weighted by Crippen LogP contribution is -2.62. The molecule has 0 aliphatic carbocycles. The zero-order valence-electron chi connectivity index (χ0n) is 13.8. The fourth-order valence-corrected chi connectivity index (χ4v) is 3.66. The van der Waals surface area contributed by atoms with Crippen molar-refractivity contribution in [3.63, 3.8) is 0 Å². The van der Waals surface area contributed by atoms with E-state index in [1.54, 1.807) is 0 Å². The summed E-state index contributed by atoms with van der Waals surface area (Å²) in [6, 6.07) is 10.2. The van der Waals surface area contributed by atoms with Crippen molar-refractivity contribution in [3.8, 4) is 0 Å². The minimum absolute atomic E-state index is 0.0484. The molecule has 0 aromatic heterocycles. The summed E-state index contributed by atoms with van der Waals surface area (Å²) in [6.45, 7) is 9.88. The van der Waals surface area contributed by atoms with Crippen LogP contribution in [0.4, 0.5) is 0 Å². The average molecular weight is 288 g/mol. The van der Waals surface area contributed by atoms with Gasteiger partial charge in [0, 0.05) is 17.6 Å². The number of piperidine rings is 1. The van der Waals surface area contributed by atoms with Crippen LogP contribution < -0.4 is 5.32 Å². The van der Waals surface area contributed by atoms with Crippen LogP contribution in [0.1, 0.15) is 52.5 Å². The van der Waals surface area contributed by atoms with E-state index in [0.29, 0.717) is 6.54 Å². The van der Waals surface area contributed by atoms with E-state index in [-0.39, 0.29) is 17.0 Å². The zero-order chi connectivity index (χ0) is 15.5. The Labute approximate surface area is 128 Å². The molecule has 1 saturated heterocycles. The summed E-state index contributed by atoms with van der Waals surface area (Å²) in [5, 5.41) is 3.28. The first-order valence-electron chi connectivity index (χ1n) is 7.91. The summed E-state index contributed by atoms with van der Waals surface area (Å²) in [5.74, 6) is 0.209. The van der Waals surface area contributed by atoms with Crippen LogP contribution in [0.15, 0.2) is 30.3 Å². The third-order valence-corrected chi connectivity index (χ3v) is 4.49. The average Bonchev–Trinajstić information content (AvgIpc) is 2.37. The molecule has 1 heterocycles. The van der Waals surface area contributed by atoms with Gasteiger partial charge in [0.25, 0.3) is 0 Å². The minimum Gasteiger partial charge on any atom is -0.331 e. The summed E-state index contributed by atoms with van der Waals surface area (Å²) >= 11 is 0. The van der Waals surface area contributed by atoms with Gasteiger partial charge in [-0.3, -0.25) is 4.79 Å². The number of likely N-dealkylation sites (tertiary alicyclic amines) is 1. The topological polar surface area (TPSA) is 32.3 Å². The summed E-state index contributed by atoms with van der Waals surface area (Å²) in [4.78, 5) is 14.8. The number of carbonyl (C=O) groups is 1. The van der Waals surface area contributed by atoms with Crippen LogP contribution in [0.3, 0.4) is 0 Å². The highest BCUT2D eigenvalue weighted by atomic mass is 16.2. The maximum absolute atomic E-state index is 12.7. The summed E-state index contributed by atoms with van der Waals surface area (Å²) < 4.78 is 0. The molecule has 0 radical (unpaired) electrons. The quantitative estimate of drug-likeness (QED) is 0.921. The lowest BCUT2D eigenvalue weighted by Gasteiger charge is -2.53. The van der Waals surface area contributed by atoms with Gasteiger partial charge in [-0.25, -0.2) is 0 Å². The van der Waals surface area contributed by atoms with E-state index in [1.165, 1.54) is 12.0 Å². The van der Waals surface area contributed by atoms with E-state index in [2.05, 4.69) is 50.0 Å². The lowest BCUT2D eigenvalue weighted by atomic mass is 9.79. The molecule has 1 aliphatic heterocycles. The molecule has 0 atom stereocenters. The standard InChI is InChI=1S/C18H28N2O/c1-17(2)11-8-12-18(3,4)20(17)16(21)14-19-13-15-9-6-5-7-10-15/h5-7,9-10,19H,8,11-14H2,1-4H3. The fourth-order valence-electron chi connectivity index (χ4n) is 3.66. The van der Waals surface area contributed by atoms with E-state index in [9.17, 15) is 4.79 Å². The van der Waals surface area contributed by atoms with E-state index in [1.807, 2.05) is 18.2 Å². The zero-order valence-corrected chi connectivity index (χ0v) is 13.8. The molecule has 116 valence electrons. The van der Waals surface area contributed by atoms with Gasteiger partial charge in [0.15, 0.2) is 0 Å². The Hall–Kier alpha value is -1.35. The number of hydrogen-bond acceptors (Lipinski definition) is 2. The van der Waals surface area contributed by atoms with Crippen LogP contribution in [0, 0.1) is 0 Å². The van der Waals surface area contributed by atoms with Crippen LogP contribution in [-0.2, 0) is 11.3 Å². The first-order valence-corrected chi connectivity index (χ1v) is 7.91. The number of hydrogen-bond donors (Lipinski definition) is 1. The van der Waals surface area contributed by atoms with Crippen molar-refractivity contribution in [1.82, 2.24) is 10.2 Å². The van der Waals surface area contributed by atoms with Crippen molar-refractivity contribution in [2.75, 3.05) is 6.54 Å². The van der Waals surface area contributed by atoms with E-state index >= 15 is 0 Å². The smallest absolute Gasteiger partial charge is 0.237 e. The molecule has 3 nitrogen and oxygen atoms in total. The van der Waals surface area contributed by atoms with Crippen LogP contribution in [0.5, 0.6) is 0 Å². The maximum Gasteiger partial charge on any atom is 0.237 e. The van der Waals surface area contributed by atoms with Crippen molar-refractivity contribution < 1.29 is 4.79 Å². The van der Waals surface area contributed by atoms with Gasteiger partial charge in [-0.15, -0.1) is 0 Å². The molecule has 1 aliphatic rings. The molecular weight excluding hydrogens is 260 g/mol. The van der Waals surface area contributed by atoms with E-state index in [4.69, 9.17) is 0 Å². The molecule has 0 unspecified atom stereocenters. The van der Waals surface area contributed by atoms with Crippen molar-refractivity contribution in [1.29, 1.82) is 0 Å². The van der Waals surface area contributed by atoms with E-state index < -0.39 is 0 Å². The summed E-state index contributed by atoms with van der Waals surface area (Å²) in [5.41, 5.74) is 1.11. The van der Waals surface area contributed by atoms with Gasteiger partial charge in [-0.2, -0.15) is 0 Å². The molecule has 3 heteroatoms. The number of nitrogens with zero attached hydrogens (tertiary/aromatic N) is 1. The monoisotopic (exact) mass is 288 g/mol. The summed E-state index contributed by atoms with van der Waals surface area (Å²) in [7, 11) is 0. The lowest BCUT2D eigenvalue weighted by molar-refractivity contribution is -0.147. The van der Waals surface area contributed by atoms with Gasteiger partial charge in [0.05, 0.1) is 6.54 Å². The van der Waals surface area contributed by atoms with Crippen molar-refractivity contribution in [2.24, 2.45) is 0 Å². The van der Waals surface area contributed by atoms with Gasteiger partial charge < -0.3 is 10.2 Å². The maximum atomic E-state index is 12.7. The highest BCUT2D eigenvalue weighted by Crippen LogP contribution is 2.38. The Kier molecular flexibility index (Phi) is 4.72. The van der Waals surface area contributed by atoms with Gasteiger partial charge in [-0.05, 0) is 52.5 Å². The SMILES string of the molecule is CC1(C)CCCC(C)(C)N1C(=O)CNCc1ccccc1. The molecule has 21 heavy (non-hydrogen) atoms. The van der Waals surface area contributed by atoms with Crippen LogP contribution >= 0.6 is 0 Å². The Balaban J connectivity index is 1.95. The third-order valence-electron chi connectivity index (χ3n) is 4.49. The second-order valence-corrected chi connectivity index (χ2v) is 7.30. The van der Waals surface area contributed by atoms with Gasteiger partial charge >= 0.3 is 0 Å². The number of nitrogens with one attached hydrogen (secondary N) is 1. The first-order chi connectivity index (χ1) is 9.83. The molecule has 1 aromatic rings. The number of carbonyl (C=O) groups excluding carboxylic acids is 1. The third kappa shape index (κ3) is 3.85. The Morgan fingerprint density at radius 1 is 1.10 bits per heavy atom. The number of amides is 1. The molecule has 1 fully saturated rings. The predicted molar refractivity (Wildman–Crippen MR) is 87.0 cm³/mol. The molecule has 0 spiro atoms. The van der Waals surface area contributed by atoms with Gasteiger partial charge in [-0.1, -0.05) is 30.3 Å². The second kappa shape index (κ2) is 6.18. The second-order valence-electron chi connectivity index (χ2n) is 7.30. The van der Waals surface area contributed by atoms with Crippen molar-refractivity contribution in [2.45, 2.75) is 64.6 Å². The van der Waals surface area contributed by atoms with Crippen LogP contribution in [0.2, 0.25) is 0 Å². The van der Waals surface area contributed by atoms with Gasteiger partial charge in [0.2, 0.25) is 5.91 Å². The Morgan fingerprint density at radius 2 is 1.67 bits per heavy atom. The molecular formula is C18H28N2O.